The van der Waals surface area contributed by atoms with Crippen molar-refractivity contribution in [2.45, 2.75) is 6.92 Å². The summed E-state index contributed by atoms with van der Waals surface area (Å²) in [4.78, 5) is 46.4. The highest BCUT2D eigenvalue weighted by atomic mass is 35.5. The summed E-state index contributed by atoms with van der Waals surface area (Å²) in [5.74, 6) is 1.13. The van der Waals surface area contributed by atoms with Crippen molar-refractivity contribution in [3.8, 4) is 11.5 Å². The molecule has 0 aliphatic carbocycles. The SMILES string of the molecule is Cc1cccc(OCCN2CCNC2=O)c1C=O.O=C1NCCN1CCCl.O=Cc1ccccc1O. The van der Waals surface area contributed by atoms with Crippen molar-refractivity contribution < 1.29 is 29.0 Å². The van der Waals surface area contributed by atoms with Gasteiger partial charge in [0.25, 0.3) is 0 Å². The average Bonchev–Trinajstić information content (AvgIpc) is 3.48. The van der Waals surface area contributed by atoms with Gasteiger partial charge < -0.3 is 30.3 Å². The van der Waals surface area contributed by atoms with Crippen molar-refractivity contribution in [2.75, 3.05) is 51.8 Å². The van der Waals surface area contributed by atoms with Crippen LogP contribution in [0.25, 0.3) is 0 Å². The Morgan fingerprint density at radius 1 is 0.944 bits per heavy atom. The number of benzene rings is 2. The lowest BCUT2D eigenvalue weighted by Gasteiger charge is -2.15. The number of alkyl halides is 1. The van der Waals surface area contributed by atoms with Crippen molar-refractivity contribution in [3.63, 3.8) is 0 Å². The number of nitrogens with one attached hydrogen (secondary N) is 2. The number of amides is 4. The number of phenols is 1. The van der Waals surface area contributed by atoms with E-state index in [9.17, 15) is 19.2 Å². The van der Waals surface area contributed by atoms with Crippen molar-refractivity contribution >= 4 is 36.2 Å². The zero-order valence-electron chi connectivity index (χ0n) is 20.1. The van der Waals surface area contributed by atoms with Crippen LogP contribution < -0.4 is 15.4 Å². The second kappa shape index (κ2) is 15.3. The van der Waals surface area contributed by atoms with E-state index in [-0.39, 0.29) is 17.8 Å². The first kappa shape index (κ1) is 28.4. The van der Waals surface area contributed by atoms with E-state index in [2.05, 4.69) is 10.6 Å². The van der Waals surface area contributed by atoms with Crippen LogP contribution in [0.15, 0.2) is 42.5 Å². The molecule has 194 valence electrons. The summed E-state index contributed by atoms with van der Waals surface area (Å²) in [5, 5.41) is 14.3. The molecule has 0 saturated carbocycles. The first-order chi connectivity index (χ1) is 17.4. The van der Waals surface area contributed by atoms with Crippen LogP contribution in [0.2, 0.25) is 0 Å². The third-order valence-corrected chi connectivity index (χ3v) is 5.50. The Hall–Kier alpha value is -3.79. The summed E-state index contributed by atoms with van der Waals surface area (Å²) >= 11 is 5.43. The number of carbonyl (C=O) groups is 4. The van der Waals surface area contributed by atoms with Gasteiger partial charge in [-0.1, -0.05) is 24.3 Å². The number of ether oxygens (including phenoxy) is 1. The van der Waals surface area contributed by atoms with Gasteiger partial charge in [0.15, 0.2) is 12.6 Å². The smallest absolute Gasteiger partial charge is 0.317 e. The second-order valence-corrected chi connectivity index (χ2v) is 8.13. The van der Waals surface area contributed by atoms with E-state index in [1.807, 2.05) is 19.1 Å². The van der Waals surface area contributed by atoms with Crippen LogP contribution in [-0.4, -0.2) is 91.3 Å². The maximum atomic E-state index is 11.3. The second-order valence-electron chi connectivity index (χ2n) is 7.76. The minimum Gasteiger partial charge on any atom is -0.507 e. The molecule has 0 aromatic heterocycles. The minimum atomic E-state index is -0.0570. The minimum absolute atomic E-state index is 0.00986. The molecule has 10 nitrogen and oxygen atoms in total. The molecule has 36 heavy (non-hydrogen) atoms. The summed E-state index contributed by atoms with van der Waals surface area (Å²) in [6.07, 6.45) is 1.42. The monoisotopic (exact) mass is 518 g/mol. The van der Waals surface area contributed by atoms with Gasteiger partial charge in [-0.25, -0.2) is 9.59 Å². The molecule has 3 N–H and O–H groups in total. The maximum absolute atomic E-state index is 11.3. The Kier molecular flexibility index (Phi) is 12.1. The number of rotatable bonds is 8. The van der Waals surface area contributed by atoms with Crippen LogP contribution in [0, 0.1) is 6.92 Å². The van der Waals surface area contributed by atoms with Crippen LogP contribution >= 0.6 is 11.6 Å². The van der Waals surface area contributed by atoms with Crippen molar-refractivity contribution in [2.24, 2.45) is 0 Å². The molecule has 2 aromatic rings. The first-order valence-electron chi connectivity index (χ1n) is 11.4. The summed E-state index contributed by atoms with van der Waals surface area (Å²) in [7, 11) is 0. The normalized spacial score (nSPS) is 14.1. The molecule has 2 saturated heterocycles. The van der Waals surface area contributed by atoms with E-state index < -0.39 is 0 Å². The molecule has 0 spiro atoms. The van der Waals surface area contributed by atoms with Gasteiger partial charge in [0.05, 0.1) is 17.7 Å². The van der Waals surface area contributed by atoms with E-state index in [1.54, 1.807) is 34.1 Å². The molecule has 0 radical (unpaired) electrons. The largest absolute Gasteiger partial charge is 0.507 e. The third-order valence-electron chi connectivity index (χ3n) is 5.33. The maximum Gasteiger partial charge on any atom is 0.317 e. The lowest BCUT2D eigenvalue weighted by molar-refractivity contribution is 0.111. The molecule has 2 aromatic carbocycles. The predicted molar refractivity (Wildman–Crippen MR) is 136 cm³/mol. The van der Waals surface area contributed by atoms with Crippen molar-refractivity contribution in [3.05, 3.63) is 59.2 Å². The molecule has 2 aliphatic heterocycles. The number of urea groups is 2. The fourth-order valence-electron chi connectivity index (χ4n) is 3.33. The summed E-state index contributed by atoms with van der Waals surface area (Å²) in [6.45, 7) is 6.38. The number of aryl methyl sites for hydroxylation is 1. The molecule has 0 atom stereocenters. The zero-order chi connectivity index (χ0) is 26.3. The molecule has 2 heterocycles. The molecule has 4 rings (SSSR count). The Bertz CT molecular complexity index is 1040. The van der Waals surface area contributed by atoms with E-state index >= 15 is 0 Å². The number of carbonyl (C=O) groups excluding carboxylic acids is 4. The Balaban J connectivity index is 0.000000212. The van der Waals surface area contributed by atoms with Crippen molar-refractivity contribution in [1.82, 2.24) is 20.4 Å². The van der Waals surface area contributed by atoms with Gasteiger partial charge >= 0.3 is 12.1 Å². The molecule has 2 aliphatic rings. The standard InChI is InChI=1S/C13H16N2O3.C7H6O2.C5H9ClN2O/c1-10-3-2-4-12(11(10)9-16)18-8-7-15-6-5-14-13(15)17;8-5-6-3-1-2-4-7(6)9;6-1-3-8-4-2-7-5(8)9/h2-4,9H,5-8H2,1H3,(H,14,17);1-5,9H;1-4H2,(H,7,9). The summed E-state index contributed by atoms with van der Waals surface area (Å²) < 4.78 is 5.57. The van der Waals surface area contributed by atoms with E-state index in [0.717, 1.165) is 24.9 Å². The van der Waals surface area contributed by atoms with Crippen LogP contribution in [-0.2, 0) is 0 Å². The third kappa shape index (κ3) is 8.77. The van der Waals surface area contributed by atoms with Crippen LogP contribution in [0.3, 0.4) is 0 Å². The first-order valence-corrected chi connectivity index (χ1v) is 12.0. The molecule has 4 amide bonds. The number of aldehydes is 2. The number of phenolic OH excluding ortho intramolecular Hbond substituents is 1. The van der Waals surface area contributed by atoms with Crippen LogP contribution in [0.1, 0.15) is 26.3 Å². The number of hydrogen-bond acceptors (Lipinski definition) is 6. The quantitative estimate of drug-likeness (QED) is 0.364. The molecule has 0 bridgehead atoms. The number of hydrogen-bond donors (Lipinski definition) is 3. The summed E-state index contributed by atoms with van der Waals surface area (Å²) in [5.41, 5.74) is 1.79. The lowest BCUT2D eigenvalue weighted by Crippen LogP contribution is -2.31. The van der Waals surface area contributed by atoms with Gasteiger partial charge in [0.1, 0.15) is 18.1 Å². The fraction of sp³-hybridized carbons (Fsp3) is 0.360. The molecular weight excluding hydrogens is 488 g/mol. The zero-order valence-corrected chi connectivity index (χ0v) is 20.9. The average molecular weight is 519 g/mol. The van der Waals surface area contributed by atoms with Crippen LogP contribution in [0.4, 0.5) is 9.59 Å². The summed E-state index contributed by atoms with van der Waals surface area (Å²) in [6, 6.07) is 11.8. The van der Waals surface area contributed by atoms with Gasteiger partial charge in [-0.3, -0.25) is 9.59 Å². The number of aromatic hydroxyl groups is 1. The van der Waals surface area contributed by atoms with Gasteiger partial charge in [-0.15, -0.1) is 11.6 Å². The number of para-hydroxylation sites is 1. The predicted octanol–water partition coefficient (Wildman–Crippen LogP) is 2.67. The van der Waals surface area contributed by atoms with Crippen molar-refractivity contribution in [1.29, 1.82) is 0 Å². The lowest BCUT2D eigenvalue weighted by atomic mass is 10.1. The number of nitrogens with zero attached hydrogens (tertiary/aromatic N) is 2. The van der Waals surface area contributed by atoms with Gasteiger partial charge in [0.2, 0.25) is 0 Å². The van der Waals surface area contributed by atoms with E-state index in [0.29, 0.717) is 61.8 Å². The number of halogens is 1. The Morgan fingerprint density at radius 2 is 1.58 bits per heavy atom. The van der Waals surface area contributed by atoms with Crippen LogP contribution in [0.5, 0.6) is 11.5 Å². The van der Waals surface area contributed by atoms with Gasteiger partial charge in [-0.2, -0.15) is 0 Å². The topological polar surface area (TPSA) is 128 Å². The molecule has 11 heteroatoms. The highest BCUT2D eigenvalue weighted by molar-refractivity contribution is 6.18. The highest BCUT2D eigenvalue weighted by Crippen LogP contribution is 2.19. The highest BCUT2D eigenvalue weighted by Gasteiger charge is 2.19. The fourth-order valence-corrected chi connectivity index (χ4v) is 3.54. The van der Waals surface area contributed by atoms with E-state index in [1.165, 1.54) is 6.07 Å². The van der Waals surface area contributed by atoms with Gasteiger partial charge in [-0.05, 0) is 30.7 Å². The molecule has 0 unspecified atom stereocenters. The Morgan fingerprint density at radius 3 is 2.08 bits per heavy atom. The van der Waals surface area contributed by atoms with E-state index in [4.69, 9.17) is 21.4 Å². The van der Waals surface area contributed by atoms with Gasteiger partial charge in [0, 0.05) is 38.6 Å². The molecular formula is C25H31ClN4O6. The Labute approximate surface area is 215 Å². The molecule has 2 fully saturated rings.